The molecule has 0 fully saturated rings. The minimum Gasteiger partial charge on any atom is -0.393 e. The molecule has 0 aliphatic heterocycles. The summed E-state index contributed by atoms with van der Waals surface area (Å²) in [5.41, 5.74) is 10.4. The minimum absolute atomic E-state index is 0.0127. The number of guanidine groups is 1. The third kappa shape index (κ3) is 9.49. The lowest BCUT2D eigenvalue weighted by Gasteiger charge is -2.23. The number of amides is 2. The second-order valence-corrected chi connectivity index (χ2v) is 11.0. The Bertz CT molecular complexity index is 1340. The van der Waals surface area contributed by atoms with E-state index in [1.165, 1.54) is 26.3 Å². The number of carbonyl (C=O) groups is 2. The van der Waals surface area contributed by atoms with E-state index in [0.717, 1.165) is 13.2 Å². The normalized spacial score (nSPS) is 11.8. The fourth-order valence-electron chi connectivity index (χ4n) is 3.24. The molecule has 0 spiro atoms. The van der Waals surface area contributed by atoms with Crippen LogP contribution in [0.3, 0.4) is 0 Å². The van der Waals surface area contributed by atoms with E-state index in [9.17, 15) is 22.8 Å². The number of aryl methyl sites for hydroxylation is 1. The predicted octanol–water partition coefficient (Wildman–Crippen LogP) is -0.197. The van der Waals surface area contributed by atoms with Gasteiger partial charge in [0, 0.05) is 22.7 Å². The predicted molar refractivity (Wildman–Crippen MR) is 149 cm³/mol. The molecule has 208 valence electrons. The van der Waals surface area contributed by atoms with Crippen molar-refractivity contribution in [1.29, 1.82) is 0 Å². The molecule has 0 saturated carbocycles. The molecule has 0 aliphatic rings. The van der Waals surface area contributed by atoms with Crippen LogP contribution in [0.15, 0.2) is 46.3 Å². The second kappa shape index (κ2) is 14.0. The fraction of sp³-hybridized carbons (Fsp3) is 0.364. The number of rotatable bonds is 13. The van der Waals surface area contributed by atoms with Crippen molar-refractivity contribution < 1.29 is 27.7 Å². The van der Waals surface area contributed by atoms with Gasteiger partial charge in [-0.25, -0.2) is 13.5 Å². The highest BCUT2D eigenvalue weighted by molar-refractivity contribution is 14.1. The molecule has 16 heteroatoms. The van der Waals surface area contributed by atoms with Crippen molar-refractivity contribution in [3.8, 4) is 0 Å². The summed E-state index contributed by atoms with van der Waals surface area (Å²) >= 11 is 2.07. The van der Waals surface area contributed by atoms with Crippen LogP contribution < -0.4 is 27.1 Å². The van der Waals surface area contributed by atoms with E-state index in [1.807, 2.05) is 6.07 Å². The fourth-order valence-corrected chi connectivity index (χ4v) is 5.02. The number of benzene rings is 1. The van der Waals surface area contributed by atoms with Crippen LogP contribution in [0.2, 0.25) is 0 Å². The number of nitrogens with one attached hydrogen (secondary N) is 2. The van der Waals surface area contributed by atoms with Crippen LogP contribution in [0.5, 0.6) is 0 Å². The summed E-state index contributed by atoms with van der Waals surface area (Å²) in [5.74, 6) is -1.92. The maximum absolute atomic E-state index is 13.1. The number of hydrogen-bond acceptors (Lipinski definition) is 8. The zero-order chi connectivity index (χ0) is 28.5. The van der Waals surface area contributed by atoms with Gasteiger partial charge in [0.2, 0.25) is 21.9 Å². The van der Waals surface area contributed by atoms with E-state index in [1.54, 1.807) is 25.1 Å². The number of oxime groups is 1. The van der Waals surface area contributed by atoms with Crippen molar-refractivity contribution in [2.75, 3.05) is 25.5 Å². The average Bonchev–Trinajstić information content (AvgIpc) is 2.84. The summed E-state index contributed by atoms with van der Waals surface area (Å²) in [4.78, 5) is 48.3. The summed E-state index contributed by atoms with van der Waals surface area (Å²) in [7, 11) is -1.28. The van der Waals surface area contributed by atoms with Gasteiger partial charge in [0.05, 0.1) is 12.9 Å². The molecule has 14 nitrogen and oxygen atoms in total. The maximum atomic E-state index is 13.1. The van der Waals surface area contributed by atoms with Crippen LogP contribution >= 0.6 is 22.6 Å². The van der Waals surface area contributed by atoms with E-state index in [-0.39, 0.29) is 30.4 Å². The van der Waals surface area contributed by atoms with E-state index >= 15 is 0 Å². The Balaban J connectivity index is 2.18. The highest BCUT2D eigenvalue weighted by Crippen LogP contribution is 2.13. The molecular formula is C22H30IN7O7S. The standard InChI is InChI=1S/C22H30IN7O7S/c1-14-7-8-18(28-38(34,35)13-15-5-4-6-16(23)11-15)21(33)30(14)12-19(31)26-17(20(32)29(2)36-3)9-10-37-27-22(24)25/h4-8,11,17,28H,9-10,12-13H2,1-3H3,(H,26,31)(H4,24,25,27)/t17-/m0/s1. The molecule has 0 unspecified atom stereocenters. The van der Waals surface area contributed by atoms with Crippen LogP contribution in [0.1, 0.15) is 17.7 Å². The van der Waals surface area contributed by atoms with Crippen molar-refractivity contribution in [2.45, 2.75) is 31.7 Å². The number of sulfonamides is 1. The minimum atomic E-state index is -3.92. The number of carbonyl (C=O) groups excluding carboxylic acids is 2. The molecule has 2 aromatic rings. The van der Waals surface area contributed by atoms with Gasteiger partial charge in [-0.05, 0) is 64.5 Å². The molecule has 2 amide bonds. The highest BCUT2D eigenvalue weighted by Gasteiger charge is 2.25. The van der Waals surface area contributed by atoms with Gasteiger partial charge in [0.25, 0.3) is 11.5 Å². The Morgan fingerprint density at radius 1 is 1.24 bits per heavy atom. The number of anilines is 1. The summed E-state index contributed by atoms with van der Waals surface area (Å²) in [6.45, 7) is 0.998. The first-order chi connectivity index (χ1) is 17.8. The molecule has 1 aromatic carbocycles. The number of halogens is 1. The van der Waals surface area contributed by atoms with E-state index in [4.69, 9.17) is 21.1 Å². The molecule has 1 heterocycles. The van der Waals surface area contributed by atoms with Crippen molar-refractivity contribution in [2.24, 2.45) is 16.6 Å². The number of nitrogens with two attached hydrogens (primary N) is 2. The van der Waals surface area contributed by atoms with Crippen LogP contribution in [0.4, 0.5) is 5.69 Å². The molecule has 38 heavy (non-hydrogen) atoms. The summed E-state index contributed by atoms with van der Waals surface area (Å²) in [6, 6.07) is 8.70. The third-order valence-corrected chi connectivity index (χ3v) is 7.01. The summed E-state index contributed by atoms with van der Waals surface area (Å²) in [5, 5.41) is 6.81. The van der Waals surface area contributed by atoms with E-state index in [0.29, 0.717) is 11.3 Å². The molecule has 0 radical (unpaired) electrons. The largest absolute Gasteiger partial charge is 0.393 e. The smallest absolute Gasteiger partial charge is 0.275 e. The van der Waals surface area contributed by atoms with Crippen molar-refractivity contribution in [3.63, 3.8) is 0 Å². The lowest BCUT2D eigenvalue weighted by Crippen LogP contribution is -2.49. The van der Waals surface area contributed by atoms with Gasteiger partial charge in [0.15, 0.2) is 0 Å². The first kappa shape index (κ1) is 30.8. The first-order valence-electron chi connectivity index (χ1n) is 11.1. The molecular weight excluding hydrogens is 633 g/mol. The van der Waals surface area contributed by atoms with Crippen molar-refractivity contribution in [1.82, 2.24) is 14.9 Å². The Morgan fingerprint density at radius 2 is 1.95 bits per heavy atom. The van der Waals surface area contributed by atoms with E-state index in [2.05, 4.69) is 37.8 Å². The first-order valence-corrected chi connectivity index (χ1v) is 13.8. The van der Waals surface area contributed by atoms with Crippen LogP contribution in [0.25, 0.3) is 0 Å². The molecule has 0 aliphatic carbocycles. The van der Waals surface area contributed by atoms with Gasteiger partial charge in [0.1, 0.15) is 24.9 Å². The average molecular weight is 663 g/mol. The number of likely N-dealkylation sites (N-methyl/N-ethyl adjacent to an activating group) is 1. The van der Waals surface area contributed by atoms with Gasteiger partial charge in [-0.15, -0.1) is 0 Å². The molecule has 0 bridgehead atoms. The number of hydrogen-bond donors (Lipinski definition) is 4. The zero-order valence-electron chi connectivity index (χ0n) is 21.0. The Kier molecular flexibility index (Phi) is 11.3. The van der Waals surface area contributed by atoms with Gasteiger partial charge >= 0.3 is 0 Å². The van der Waals surface area contributed by atoms with Crippen LogP contribution in [-0.4, -0.2) is 62.6 Å². The maximum Gasteiger partial charge on any atom is 0.275 e. The van der Waals surface area contributed by atoms with Gasteiger partial charge in [-0.1, -0.05) is 12.1 Å². The second-order valence-electron chi connectivity index (χ2n) is 8.05. The number of pyridine rings is 1. The number of hydroxylamine groups is 2. The topological polar surface area (TPSA) is 200 Å². The van der Waals surface area contributed by atoms with Gasteiger partial charge in [-0.2, -0.15) is 0 Å². The lowest BCUT2D eigenvalue weighted by molar-refractivity contribution is -0.172. The lowest BCUT2D eigenvalue weighted by atomic mass is 10.2. The monoisotopic (exact) mass is 663 g/mol. The Labute approximate surface area is 233 Å². The Hall–Kier alpha value is -3.38. The van der Waals surface area contributed by atoms with E-state index < -0.39 is 40.0 Å². The molecule has 6 N–H and O–H groups in total. The summed E-state index contributed by atoms with van der Waals surface area (Å²) < 4.78 is 29.7. The number of nitrogens with zero attached hydrogens (tertiary/aromatic N) is 3. The molecule has 0 saturated heterocycles. The SMILES string of the molecule is CON(C)C(=O)[C@H](CCON=C(N)N)NC(=O)Cn1c(C)ccc(NS(=O)(=O)Cc2cccc(I)c2)c1=O. The van der Waals surface area contributed by atoms with Gasteiger partial charge < -0.3 is 26.2 Å². The third-order valence-electron chi connectivity index (χ3n) is 5.09. The van der Waals surface area contributed by atoms with Gasteiger partial charge in [-0.3, -0.25) is 23.9 Å². The highest BCUT2D eigenvalue weighted by atomic mass is 127. The van der Waals surface area contributed by atoms with Crippen molar-refractivity contribution in [3.05, 3.63) is 61.6 Å². The summed E-state index contributed by atoms with van der Waals surface area (Å²) in [6.07, 6.45) is -0.0127. The zero-order valence-corrected chi connectivity index (χ0v) is 24.0. The molecule has 1 atom stereocenters. The molecule has 1 aromatic heterocycles. The van der Waals surface area contributed by atoms with Crippen LogP contribution in [0, 0.1) is 10.5 Å². The number of aromatic nitrogens is 1. The molecule has 2 rings (SSSR count). The Morgan fingerprint density at radius 3 is 2.58 bits per heavy atom. The quantitative estimate of drug-likeness (QED) is 0.0737. The van der Waals surface area contributed by atoms with Crippen LogP contribution in [-0.2, 0) is 41.6 Å². The van der Waals surface area contributed by atoms with Crippen molar-refractivity contribution >= 4 is 56.1 Å².